The van der Waals surface area contributed by atoms with Crippen molar-refractivity contribution < 1.29 is 14.3 Å². The quantitative estimate of drug-likeness (QED) is 0.536. The van der Waals surface area contributed by atoms with Gasteiger partial charge in [-0.2, -0.15) is 0 Å². The van der Waals surface area contributed by atoms with E-state index < -0.39 is 0 Å². The van der Waals surface area contributed by atoms with E-state index in [4.69, 9.17) is 9.47 Å². The second-order valence-electron chi connectivity index (χ2n) is 7.30. The van der Waals surface area contributed by atoms with Gasteiger partial charge in [0.15, 0.2) is 0 Å². The van der Waals surface area contributed by atoms with E-state index in [1.165, 1.54) is 0 Å². The molecule has 0 saturated carbocycles. The Morgan fingerprint density at radius 2 is 1.71 bits per heavy atom. The Morgan fingerprint density at radius 3 is 2.42 bits per heavy atom. The number of carbonyl (C=O) groups is 1. The molecule has 162 valence electrons. The zero-order valence-electron chi connectivity index (χ0n) is 17.4. The molecule has 0 radical (unpaired) electrons. The minimum Gasteiger partial charge on any atom is -0.493 e. The predicted molar refractivity (Wildman–Crippen MR) is 120 cm³/mol. The van der Waals surface area contributed by atoms with Gasteiger partial charge in [-0.05, 0) is 29.8 Å². The summed E-state index contributed by atoms with van der Waals surface area (Å²) in [6.45, 7) is 4.63. The SMILES string of the molecule is O=C(Oc1ccc(CCOc2ccncc2)cc1)N1CCN(CCc2nccs2)CC1. The molecule has 1 aliphatic rings. The van der Waals surface area contributed by atoms with Gasteiger partial charge in [0.25, 0.3) is 0 Å². The van der Waals surface area contributed by atoms with Gasteiger partial charge < -0.3 is 14.4 Å². The topological polar surface area (TPSA) is 67.8 Å². The Bertz CT molecular complexity index is 927. The summed E-state index contributed by atoms with van der Waals surface area (Å²) in [6, 6.07) is 11.3. The molecule has 3 aromatic rings. The lowest BCUT2D eigenvalue weighted by molar-refractivity contribution is 0.111. The monoisotopic (exact) mass is 438 g/mol. The number of carbonyl (C=O) groups excluding carboxylic acids is 1. The molecule has 2 aromatic heterocycles. The summed E-state index contributed by atoms with van der Waals surface area (Å²) >= 11 is 1.69. The predicted octanol–water partition coefficient (Wildman–Crippen LogP) is 3.52. The van der Waals surface area contributed by atoms with Crippen LogP contribution in [0.5, 0.6) is 11.5 Å². The van der Waals surface area contributed by atoms with Crippen LogP contribution >= 0.6 is 11.3 Å². The van der Waals surface area contributed by atoms with Gasteiger partial charge in [-0.25, -0.2) is 9.78 Å². The lowest BCUT2D eigenvalue weighted by atomic mass is 10.1. The first-order chi connectivity index (χ1) is 15.3. The number of aromatic nitrogens is 2. The second-order valence-corrected chi connectivity index (χ2v) is 8.28. The van der Waals surface area contributed by atoms with Crippen molar-refractivity contribution >= 4 is 17.4 Å². The van der Waals surface area contributed by atoms with E-state index in [1.807, 2.05) is 48.0 Å². The Kier molecular flexibility index (Phi) is 7.46. The number of hydrogen-bond acceptors (Lipinski definition) is 7. The van der Waals surface area contributed by atoms with Gasteiger partial charge >= 0.3 is 6.09 Å². The molecule has 1 saturated heterocycles. The van der Waals surface area contributed by atoms with Crippen LogP contribution in [0.3, 0.4) is 0 Å². The third kappa shape index (κ3) is 6.50. The van der Waals surface area contributed by atoms with Crippen LogP contribution in [0.2, 0.25) is 0 Å². The highest BCUT2D eigenvalue weighted by Crippen LogP contribution is 2.16. The van der Waals surface area contributed by atoms with E-state index >= 15 is 0 Å². The molecule has 0 unspecified atom stereocenters. The first kappa shape index (κ1) is 21.3. The molecule has 7 nitrogen and oxygen atoms in total. The number of pyridine rings is 1. The molecule has 8 heteroatoms. The number of ether oxygens (including phenoxy) is 2. The molecule has 1 amide bonds. The van der Waals surface area contributed by atoms with E-state index in [-0.39, 0.29) is 6.09 Å². The third-order valence-corrected chi connectivity index (χ3v) is 6.03. The summed E-state index contributed by atoms with van der Waals surface area (Å²) < 4.78 is 11.3. The Balaban J connectivity index is 1.16. The van der Waals surface area contributed by atoms with E-state index in [2.05, 4.69) is 14.9 Å². The van der Waals surface area contributed by atoms with Gasteiger partial charge in [0.1, 0.15) is 11.5 Å². The summed E-state index contributed by atoms with van der Waals surface area (Å²) in [5, 5.41) is 3.17. The summed E-state index contributed by atoms with van der Waals surface area (Å²) in [5.41, 5.74) is 1.13. The van der Waals surface area contributed by atoms with Crippen molar-refractivity contribution in [1.29, 1.82) is 0 Å². The van der Waals surface area contributed by atoms with Gasteiger partial charge in [-0.3, -0.25) is 9.88 Å². The number of rotatable bonds is 8. The van der Waals surface area contributed by atoms with Crippen LogP contribution in [0.1, 0.15) is 10.6 Å². The molecular formula is C23H26N4O3S. The number of amides is 1. The van der Waals surface area contributed by atoms with Crippen LogP contribution < -0.4 is 9.47 Å². The van der Waals surface area contributed by atoms with Gasteiger partial charge in [0.2, 0.25) is 0 Å². The smallest absolute Gasteiger partial charge is 0.415 e. The highest BCUT2D eigenvalue weighted by molar-refractivity contribution is 7.09. The summed E-state index contributed by atoms with van der Waals surface area (Å²) in [6.07, 6.45) is 6.72. The van der Waals surface area contributed by atoms with Gasteiger partial charge in [0.05, 0.1) is 11.6 Å². The lowest BCUT2D eigenvalue weighted by Gasteiger charge is -2.33. The average molecular weight is 439 g/mol. The Morgan fingerprint density at radius 1 is 0.935 bits per heavy atom. The average Bonchev–Trinajstić information content (AvgIpc) is 3.34. The molecule has 3 heterocycles. The van der Waals surface area contributed by atoms with E-state index in [0.29, 0.717) is 25.4 Å². The second kappa shape index (κ2) is 10.9. The number of nitrogens with zero attached hydrogens (tertiary/aromatic N) is 4. The summed E-state index contributed by atoms with van der Waals surface area (Å²) in [7, 11) is 0. The van der Waals surface area contributed by atoms with Crippen LogP contribution in [-0.4, -0.2) is 65.2 Å². The highest BCUT2D eigenvalue weighted by Gasteiger charge is 2.22. The molecule has 0 spiro atoms. The van der Waals surface area contributed by atoms with Crippen molar-refractivity contribution in [3.05, 3.63) is 70.9 Å². The van der Waals surface area contributed by atoms with Crippen molar-refractivity contribution in [2.45, 2.75) is 12.8 Å². The molecule has 0 atom stereocenters. The minimum absolute atomic E-state index is 0.284. The first-order valence-corrected chi connectivity index (χ1v) is 11.3. The molecule has 0 bridgehead atoms. The molecule has 0 aliphatic carbocycles. The maximum absolute atomic E-state index is 12.5. The zero-order chi connectivity index (χ0) is 21.3. The van der Waals surface area contributed by atoms with Crippen molar-refractivity contribution in [3.8, 4) is 11.5 Å². The van der Waals surface area contributed by atoms with Crippen LogP contribution in [-0.2, 0) is 12.8 Å². The van der Waals surface area contributed by atoms with Crippen molar-refractivity contribution in [2.24, 2.45) is 0 Å². The third-order valence-electron chi connectivity index (χ3n) is 5.19. The highest BCUT2D eigenvalue weighted by atomic mass is 32.1. The molecule has 1 aromatic carbocycles. The number of piperazine rings is 1. The molecule has 31 heavy (non-hydrogen) atoms. The number of thiazole rings is 1. The van der Waals surface area contributed by atoms with E-state index in [9.17, 15) is 4.79 Å². The fourth-order valence-corrected chi connectivity index (χ4v) is 4.00. The summed E-state index contributed by atoms with van der Waals surface area (Å²) in [5.74, 6) is 1.37. The van der Waals surface area contributed by atoms with Crippen LogP contribution in [0, 0.1) is 0 Å². The molecule has 0 N–H and O–H groups in total. The Hall–Kier alpha value is -2.97. The Labute approximate surface area is 186 Å². The lowest BCUT2D eigenvalue weighted by Crippen LogP contribution is -2.49. The van der Waals surface area contributed by atoms with E-state index in [1.54, 1.807) is 28.6 Å². The van der Waals surface area contributed by atoms with E-state index in [0.717, 1.165) is 48.8 Å². The van der Waals surface area contributed by atoms with Crippen LogP contribution in [0.25, 0.3) is 0 Å². The molecular weight excluding hydrogens is 412 g/mol. The summed E-state index contributed by atoms with van der Waals surface area (Å²) in [4.78, 5) is 24.9. The van der Waals surface area contributed by atoms with Crippen molar-refractivity contribution in [3.63, 3.8) is 0 Å². The number of hydrogen-bond donors (Lipinski definition) is 0. The van der Waals surface area contributed by atoms with Gasteiger partial charge in [0, 0.05) is 69.5 Å². The molecule has 1 fully saturated rings. The normalized spacial score (nSPS) is 14.4. The maximum atomic E-state index is 12.5. The van der Waals surface area contributed by atoms with Gasteiger partial charge in [-0.1, -0.05) is 12.1 Å². The van der Waals surface area contributed by atoms with Crippen molar-refractivity contribution in [1.82, 2.24) is 19.8 Å². The minimum atomic E-state index is -0.284. The van der Waals surface area contributed by atoms with Crippen molar-refractivity contribution in [2.75, 3.05) is 39.3 Å². The number of benzene rings is 1. The van der Waals surface area contributed by atoms with Crippen LogP contribution in [0.4, 0.5) is 4.79 Å². The standard InChI is InChI=1S/C23H26N4O3S/c28-23(27-15-13-26(14-16-27)12-7-22-25-11-18-31-22)30-21-3-1-19(2-4-21)8-17-29-20-5-9-24-10-6-20/h1-6,9-11,18H,7-8,12-17H2. The fraction of sp³-hybridized carbons (Fsp3) is 0.348. The fourth-order valence-electron chi connectivity index (χ4n) is 3.39. The van der Waals surface area contributed by atoms with Gasteiger partial charge in [-0.15, -0.1) is 11.3 Å². The maximum Gasteiger partial charge on any atom is 0.415 e. The first-order valence-electron chi connectivity index (χ1n) is 10.5. The largest absolute Gasteiger partial charge is 0.493 e. The zero-order valence-corrected chi connectivity index (χ0v) is 18.2. The molecule has 4 rings (SSSR count). The molecule has 1 aliphatic heterocycles. The van der Waals surface area contributed by atoms with Crippen LogP contribution in [0.15, 0.2) is 60.4 Å².